The predicted octanol–water partition coefficient (Wildman–Crippen LogP) is 1.81. The van der Waals surface area contributed by atoms with Crippen molar-refractivity contribution in [1.82, 2.24) is 4.90 Å². The summed E-state index contributed by atoms with van der Waals surface area (Å²) in [5.41, 5.74) is 6.77. The molecule has 0 saturated carbocycles. The second-order valence-electron chi connectivity index (χ2n) is 4.06. The van der Waals surface area contributed by atoms with Gasteiger partial charge in [0.1, 0.15) is 5.75 Å². The Morgan fingerprint density at radius 3 is 2.39 bits per heavy atom. The number of nitrogens with zero attached hydrogens (tertiary/aromatic N) is 1. The zero-order chi connectivity index (χ0) is 12.8. The van der Waals surface area contributed by atoms with Crippen molar-refractivity contribution in [2.24, 2.45) is 5.73 Å². The minimum Gasteiger partial charge on any atom is -0.497 e. The molecule has 1 rings (SSSR count). The third kappa shape index (κ3) is 4.55. The van der Waals surface area contributed by atoms with E-state index in [1.165, 1.54) is 0 Å². The van der Waals surface area contributed by atoms with E-state index in [2.05, 4.69) is 0 Å². The van der Waals surface area contributed by atoms with Crippen LogP contribution in [0.3, 0.4) is 0 Å². The number of nitrogens with two attached hydrogens (primary N) is 1. The zero-order valence-corrected chi connectivity index (χ0v) is 11.9. The van der Waals surface area contributed by atoms with Crippen molar-refractivity contribution >= 4 is 18.3 Å². The Bertz CT molecular complexity index is 368. The number of ether oxygens (including phenoxy) is 1. The highest BCUT2D eigenvalue weighted by Gasteiger charge is 2.15. The standard InChI is InChI=1S/C13H20N2O2.ClH/c1-4-12(14)13(16)15(2)9-10-5-7-11(17-3)8-6-10;/h5-8,12H,4,9,14H2,1-3H3;1H/t12-;/m0./s1. The van der Waals surface area contributed by atoms with Crippen LogP contribution in [0.2, 0.25) is 0 Å². The van der Waals surface area contributed by atoms with Gasteiger partial charge < -0.3 is 15.4 Å². The summed E-state index contributed by atoms with van der Waals surface area (Å²) in [4.78, 5) is 13.4. The second-order valence-corrected chi connectivity index (χ2v) is 4.06. The van der Waals surface area contributed by atoms with E-state index in [0.29, 0.717) is 13.0 Å². The van der Waals surface area contributed by atoms with E-state index in [4.69, 9.17) is 10.5 Å². The summed E-state index contributed by atoms with van der Waals surface area (Å²) in [6, 6.07) is 7.25. The summed E-state index contributed by atoms with van der Waals surface area (Å²) in [6.07, 6.45) is 0.659. The minimum absolute atomic E-state index is 0. The molecular formula is C13H21ClN2O2. The van der Waals surface area contributed by atoms with E-state index in [1.807, 2.05) is 31.2 Å². The molecule has 1 amide bonds. The van der Waals surface area contributed by atoms with Gasteiger partial charge in [0.2, 0.25) is 5.91 Å². The Morgan fingerprint density at radius 1 is 1.39 bits per heavy atom. The monoisotopic (exact) mass is 272 g/mol. The average molecular weight is 273 g/mol. The van der Waals surface area contributed by atoms with Gasteiger partial charge in [-0.1, -0.05) is 19.1 Å². The quantitative estimate of drug-likeness (QED) is 0.889. The molecule has 5 heteroatoms. The maximum absolute atomic E-state index is 11.8. The Kier molecular flexibility index (Phi) is 7.39. The smallest absolute Gasteiger partial charge is 0.239 e. The third-order valence-electron chi connectivity index (χ3n) is 2.71. The van der Waals surface area contributed by atoms with Gasteiger partial charge in [0.05, 0.1) is 13.2 Å². The van der Waals surface area contributed by atoms with Gasteiger partial charge in [-0.2, -0.15) is 0 Å². The van der Waals surface area contributed by atoms with Crippen LogP contribution in [0.4, 0.5) is 0 Å². The first-order valence-electron chi connectivity index (χ1n) is 5.72. The molecule has 0 saturated heterocycles. The van der Waals surface area contributed by atoms with E-state index in [9.17, 15) is 4.79 Å². The summed E-state index contributed by atoms with van der Waals surface area (Å²) >= 11 is 0. The number of amides is 1. The molecule has 102 valence electrons. The van der Waals surface area contributed by atoms with Crippen molar-refractivity contribution in [3.63, 3.8) is 0 Å². The molecule has 0 unspecified atom stereocenters. The summed E-state index contributed by atoms with van der Waals surface area (Å²) in [5, 5.41) is 0. The lowest BCUT2D eigenvalue weighted by Gasteiger charge is -2.20. The van der Waals surface area contributed by atoms with Crippen LogP contribution in [0.15, 0.2) is 24.3 Å². The molecule has 18 heavy (non-hydrogen) atoms. The normalized spacial score (nSPS) is 11.3. The highest BCUT2D eigenvalue weighted by Crippen LogP contribution is 2.12. The van der Waals surface area contributed by atoms with Gasteiger partial charge in [0.15, 0.2) is 0 Å². The lowest BCUT2D eigenvalue weighted by Crippen LogP contribution is -2.40. The zero-order valence-electron chi connectivity index (χ0n) is 11.1. The molecule has 0 bridgehead atoms. The summed E-state index contributed by atoms with van der Waals surface area (Å²) in [5.74, 6) is 0.788. The number of hydrogen-bond donors (Lipinski definition) is 1. The molecule has 1 aromatic carbocycles. The predicted molar refractivity (Wildman–Crippen MR) is 75.0 cm³/mol. The van der Waals surface area contributed by atoms with E-state index >= 15 is 0 Å². The van der Waals surface area contributed by atoms with E-state index in [1.54, 1.807) is 19.1 Å². The molecule has 0 heterocycles. The van der Waals surface area contributed by atoms with Gasteiger partial charge in [-0.3, -0.25) is 4.79 Å². The molecule has 1 atom stereocenters. The Morgan fingerprint density at radius 2 is 1.94 bits per heavy atom. The van der Waals surface area contributed by atoms with Crippen molar-refractivity contribution in [2.75, 3.05) is 14.2 Å². The Balaban J connectivity index is 0.00000289. The summed E-state index contributed by atoms with van der Waals surface area (Å²) in [7, 11) is 3.40. The molecule has 4 nitrogen and oxygen atoms in total. The lowest BCUT2D eigenvalue weighted by atomic mass is 10.1. The maximum atomic E-state index is 11.8. The van der Waals surface area contributed by atoms with Crippen LogP contribution in [-0.2, 0) is 11.3 Å². The van der Waals surface area contributed by atoms with Gasteiger partial charge >= 0.3 is 0 Å². The van der Waals surface area contributed by atoms with Crippen LogP contribution in [0.1, 0.15) is 18.9 Å². The van der Waals surface area contributed by atoms with Gasteiger partial charge in [0.25, 0.3) is 0 Å². The second kappa shape index (κ2) is 7.95. The molecular weight excluding hydrogens is 252 g/mol. The molecule has 0 aromatic heterocycles. The van der Waals surface area contributed by atoms with Gasteiger partial charge in [-0.05, 0) is 24.1 Å². The number of benzene rings is 1. The number of halogens is 1. The Hall–Kier alpha value is -1.26. The molecule has 1 aromatic rings. The van der Waals surface area contributed by atoms with Crippen LogP contribution in [0.25, 0.3) is 0 Å². The number of methoxy groups -OCH3 is 1. The fraction of sp³-hybridized carbons (Fsp3) is 0.462. The largest absolute Gasteiger partial charge is 0.497 e. The lowest BCUT2D eigenvalue weighted by molar-refractivity contribution is -0.131. The van der Waals surface area contributed by atoms with E-state index < -0.39 is 6.04 Å². The van der Waals surface area contributed by atoms with Gasteiger partial charge in [0, 0.05) is 13.6 Å². The molecule has 0 aliphatic carbocycles. The minimum atomic E-state index is -0.404. The molecule has 0 aliphatic heterocycles. The number of hydrogen-bond acceptors (Lipinski definition) is 3. The van der Waals surface area contributed by atoms with Crippen molar-refractivity contribution in [3.05, 3.63) is 29.8 Å². The van der Waals surface area contributed by atoms with Crippen LogP contribution in [-0.4, -0.2) is 31.0 Å². The van der Waals surface area contributed by atoms with Crippen LogP contribution >= 0.6 is 12.4 Å². The summed E-state index contributed by atoms with van der Waals surface area (Å²) < 4.78 is 5.08. The van der Waals surface area contributed by atoms with Gasteiger partial charge in [-0.25, -0.2) is 0 Å². The topological polar surface area (TPSA) is 55.6 Å². The molecule has 2 N–H and O–H groups in total. The molecule has 0 fully saturated rings. The fourth-order valence-corrected chi connectivity index (χ4v) is 1.54. The SMILES string of the molecule is CC[C@H](N)C(=O)N(C)Cc1ccc(OC)cc1.Cl. The first-order valence-corrected chi connectivity index (χ1v) is 5.72. The fourth-order valence-electron chi connectivity index (χ4n) is 1.54. The van der Waals surface area contributed by atoms with Crippen molar-refractivity contribution in [1.29, 1.82) is 0 Å². The van der Waals surface area contributed by atoms with Crippen LogP contribution in [0.5, 0.6) is 5.75 Å². The first kappa shape index (κ1) is 16.7. The van der Waals surface area contributed by atoms with Crippen LogP contribution < -0.4 is 10.5 Å². The van der Waals surface area contributed by atoms with E-state index in [0.717, 1.165) is 11.3 Å². The highest BCUT2D eigenvalue weighted by atomic mass is 35.5. The number of likely N-dealkylation sites (N-methyl/N-ethyl adjacent to an activating group) is 1. The number of carbonyl (C=O) groups is 1. The van der Waals surface area contributed by atoms with Crippen molar-refractivity contribution in [3.8, 4) is 5.75 Å². The molecule has 0 radical (unpaired) electrons. The van der Waals surface area contributed by atoms with Crippen molar-refractivity contribution < 1.29 is 9.53 Å². The van der Waals surface area contributed by atoms with E-state index in [-0.39, 0.29) is 18.3 Å². The third-order valence-corrected chi connectivity index (χ3v) is 2.71. The van der Waals surface area contributed by atoms with Crippen molar-refractivity contribution in [2.45, 2.75) is 25.9 Å². The average Bonchev–Trinajstić information content (AvgIpc) is 2.37. The molecule has 0 spiro atoms. The van der Waals surface area contributed by atoms with Crippen LogP contribution in [0, 0.1) is 0 Å². The molecule has 0 aliphatic rings. The maximum Gasteiger partial charge on any atom is 0.239 e. The summed E-state index contributed by atoms with van der Waals surface area (Å²) in [6.45, 7) is 2.47. The number of carbonyl (C=O) groups excluding carboxylic acids is 1. The Labute approximate surface area is 115 Å². The first-order chi connectivity index (χ1) is 8.08. The highest BCUT2D eigenvalue weighted by molar-refractivity contribution is 5.85. The number of rotatable bonds is 5. The van der Waals surface area contributed by atoms with Gasteiger partial charge in [-0.15, -0.1) is 12.4 Å².